The lowest BCUT2D eigenvalue weighted by Gasteiger charge is -2.50. The van der Waals surface area contributed by atoms with E-state index in [1.165, 1.54) is 0 Å². The lowest BCUT2D eigenvalue weighted by atomic mass is 9.82. The molecule has 3 rings (SSSR count). The van der Waals surface area contributed by atoms with Gasteiger partial charge in [0.25, 0.3) is 0 Å². The molecule has 6 nitrogen and oxygen atoms in total. The van der Waals surface area contributed by atoms with Crippen molar-refractivity contribution in [1.82, 2.24) is 0 Å². The minimum absolute atomic E-state index is 0.104. The summed E-state index contributed by atoms with van der Waals surface area (Å²) in [5.41, 5.74) is 1.14. The largest absolute Gasteiger partial charge is 0.409 e. The van der Waals surface area contributed by atoms with Gasteiger partial charge in [0.1, 0.15) is 6.10 Å². The predicted molar refractivity (Wildman–Crippen MR) is 140 cm³/mol. The van der Waals surface area contributed by atoms with Crippen molar-refractivity contribution in [2.75, 3.05) is 13.7 Å². The van der Waals surface area contributed by atoms with E-state index in [0.29, 0.717) is 25.0 Å². The van der Waals surface area contributed by atoms with E-state index in [0.717, 1.165) is 12.0 Å². The third-order valence-corrected chi connectivity index (χ3v) is 8.75. The van der Waals surface area contributed by atoms with Gasteiger partial charge in [0.05, 0.1) is 31.5 Å². The average Bonchev–Trinajstić information content (AvgIpc) is 2.82. The van der Waals surface area contributed by atoms with Crippen molar-refractivity contribution in [3.8, 4) is 0 Å². The first-order chi connectivity index (χ1) is 16.6. The molecule has 2 aliphatic heterocycles. The minimum Gasteiger partial charge on any atom is -0.409 e. The first-order valence-electron chi connectivity index (χ1n) is 13.3. The Morgan fingerprint density at radius 1 is 0.800 bits per heavy atom. The Bertz CT molecular complexity index is 756. The highest BCUT2D eigenvalue weighted by Crippen LogP contribution is 2.40. The van der Waals surface area contributed by atoms with Gasteiger partial charge < -0.3 is 28.1 Å². The molecule has 35 heavy (non-hydrogen) atoms. The lowest BCUT2D eigenvalue weighted by molar-refractivity contribution is -0.331. The molecule has 1 aromatic rings. The summed E-state index contributed by atoms with van der Waals surface area (Å²) < 4.78 is 38.3. The molecular formula is C28H48O6Si. The summed E-state index contributed by atoms with van der Waals surface area (Å²) in [5.74, 6) is 1.11. The third kappa shape index (κ3) is 7.37. The van der Waals surface area contributed by atoms with Crippen LogP contribution >= 0.6 is 0 Å². The monoisotopic (exact) mass is 508 g/mol. The van der Waals surface area contributed by atoms with Crippen molar-refractivity contribution in [1.29, 1.82) is 0 Å². The number of ether oxygens (including phenoxy) is 5. The SMILES string of the molecule is CCC1O[C@H](O[C@@H]2C(COCc3ccccc3)O[C@H](OC)C(C)[C@H]2C)[C@H](O[Si](C)(C)C)C(C)[C@@H]1C. The standard InChI is InChI=1S/C28H48O6Si/c1-10-23-18(2)19(3)26(34-35(7,8)9)28(31-23)33-25-20(4)21(5)27(29-6)32-24(25)17-30-16-22-14-12-11-13-15-22/h11-15,18-21,23-28H,10,16-17H2,1-9H3/t18-,19?,20+,21?,23?,24?,25-,26+,27-,28+/m0/s1. The molecule has 0 saturated carbocycles. The van der Waals surface area contributed by atoms with Crippen LogP contribution in [0.4, 0.5) is 0 Å². The zero-order valence-electron chi connectivity index (χ0n) is 23.2. The Hall–Kier alpha value is -0.803. The van der Waals surface area contributed by atoms with Gasteiger partial charge in [0.15, 0.2) is 20.9 Å². The van der Waals surface area contributed by atoms with Crippen LogP contribution in [0.15, 0.2) is 30.3 Å². The van der Waals surface area contributed by atoms with Crippen LogP contribution < -0.4 is 0 Å². The molecule has 10 atom stereocenters. The lowest BCUT2D eigenvalue weighted by Crippen LogP contribution is -2.59. The molecule has 0 N–H and O–H groups in total. The molecule has 4 unspecified atom stereocenters. The van der Waals surface area contributed by atoms with E-state index in [4.69, 9.17) is 28.1 Å². The van der Waals surface area contributed by atoms with Gasteiger partial charge in [-0.2, -0.15) is 0 Å². The van der Waals surface area contributed by atoms with Crippen LogP contribution in [0.1, 0.15) is 46.6 Å². The van der Waals surface area contributed by atoms with Crippen LogP contribution in [0.5, 0.6) is 0 Å². The first kappa shape index (κ1) is 28.8. The molecule has 200 valence electrons. The summed E-state index contributed by atoms with van der Waals surface area (Å²) in [6, 6.07) is 10.2. The van der Waals surface area contributed by atoms with Gasteiger partial charge in [0, 0.05) is 13.0 Å². The predicted octanol–water partition coefficient (Wildman–Crippen LogP) is 5.86. The minimum atomic E-state index is -1.81. The van der Waals surface area contributed by atoms with Crippen LogP contribution in [0, 0.1) is 23.7 Å². The van der Waals surface area contributed by atoms with E-state index < -0.39 is 14.6 Å². The van der Waals surface area contributed by atoms with E-state index in [9.17, 15) is 0 Å². The van der Waals surface area contributed by atoms with Gasteiger partial charge >= 0.3 is 0 Å². The van der Waals surface area contributed by atoms with E-state index in [2.05, 4.69) is 66.4 Å². The summed E-state index contributed by atoms with van der Waals surface area (Å²) in [4.78, 5) is 0. The normalized spacial score (nSPS) is 38.4. The Labute approximate surface area is 214 Å². The number of methoxy groups -OCH3 is 1. The fraction of sp³-hybridized carbons (Fsp3) is 0.786. The quantitative estimate of drug-likeness (QED) is 0.369. The summed E-state index contributed by atoms with van der Waals surface area (Å²) in [5, 5.41) is 0. The Morgan fingerprint density at radius 3 is 2.03 bits per heavy atom. The van der Waals surface area contributed by atoms with E-state index in [-0.39, 0.29) is 42.5 Å². The molecule has 2 fully saturated rings. The third-order valence-electron chi connectivity index (χ3n) is 7.77. The summed E-state index contributed by atoms with van der Waals surface area (Å²) in [7, 11) is -0.112. The molecule has 0 aliphatic carbocycles. The van der Waals surface area contributed by atoms with Gasteiger partial charge in [-0.25, -0.2) is 0 Å². The summed E-state index contributed by atoms with van der Waals surface area (Å²) in [6.45, 7) is 18.7. The summed E-state index contributed by atoms with van der Waals surface area (Å²) >= 11 is 0. The van der Waals surface area contributed by atoms with Gasteiger partial charge in [-0.15, -0.1) is 0 Å². The zero-order chi connectivity index (χ0) is 25.8. The highest BCUT2D eigenvalue weighted by atomic mass is 28.4. The molecule has 0 amide bonds. The van der Waals surface area contributed by atoms with E-state index in [1.807, 2.05) is 18.2 Å². The Balaban J connectivity index is 1.79. The molecule has 0 aromatic heterocycles. The van der Waals surface area contributed by atoms with Crippen molar-refractivity contribution in [3.05, 3.63) is 35.9 Å². The van der Waals surface area contributed by atoms with Crippen molar-refractivity contribution >= 4 is 8.32 Å². The second-order valence-electron chi connectivity index (χ2n) is 11.5. The molecule has 0 radical (unpaired) electrons. The number of hydrogen-bond donors (Lipinski definition) is 0. The van der Waals surface area contributed by atoms with Crippen molar-refractivity contribution < 1.29 is 28.1 Å². The smallest absolute Gasteiger partial charge is 0.184 e. The maximum absolute atomic E-state index is 6.85. The highest BCUT2D eigenvalue weighted by molar-refractivity contribution is 6.69. The average molecular weight is 509 g/mol. The van der Waals surface area contributed by atoms with Crippen LogP contribution in [-0.4, -0.2) is 59.0 Å². The molecule has 7 heteroatoms. The molecule has 2 aliphatic rings. The van der Waals surface area contributed by atoms with E-state index in [1.54, 1.807) is 7.11 Å². The molecular weight excluding hydrogens is 460 g/mol. The van der Waals surface area contributed by atoms with Crippen molar-refractivity contribution in [2.45, 2.75) is 104 Å². The molecule has 0 spiro atoms. The maximum atomic E-state index is 6.85. The van der Waals surface area contributed by atoms with Crippen LogP contribution in [0.25, 0.3) is 0 Å². The summed E-state index contributed by atoms with van der Waals surface area (Å²) in [6.07, 6.45) is -0.186. The van der Waals surface area contributed by atoms with E-state index >= 15 is 0 Å². The first-order valence-corrected chi connectivity index (χ1v) is 16.7. The molecule has 2 saturated heterocycles. The van der Waals surface area contributed by atoms with Crippen molar-refractivity contribution in [3.63, 3.8) is 0 Å². The Kier molecular flexibility index (Phi) is 10.4. The number of benzene rings is 1. The second kappa shape index (κ2) is 12.6. The maximum Gasteiger partial charge on any atom is 0.184 e. The fourth-order valence-electron chi connectivity index (χ4n) is 5.31. The van der Waals surface area contributed by atoms with Crippen LogP contribution in [0.2, 0.25) is 19.6 Å². The number of rotatable bonds is 10. The molecule has 1 aromatic carbocycles. The van der Waals surface area contributed by atoms with Gasteiger partial charge in [-0.05, 0) is 49.4 Å². The molecule has 0 bridgehead atoms. The second-order valence-corrected chi connectivity index (χ2v) is 15.9. The van der Waals surface area contributed by atoms with Crippen LogP contribution in [-0.2, 0) is 34.7 Å². The van der Waals surface area contributed by atoms with Gasteiger partial charge in [-0.3, -0.25) is 0 Å². The number of hydrogen-bond acceptors (Lipinski definition) is 6. The zero-order valence-corrected chi connectivity index (χ0v) is 24.2. The highest BCUT2D eigenvalue weighted by Gasteiger charge is 2.49. The van der Waals surface area contributed by atoms with Crippen molar-refractivity contribution in [2.24, 2.45) is 23.7 Å². The molecule has 2 heterocycles. The van der Waals surface area contributed by atoms with Crippen LogP contribution in [0.3, 0.4) is 0 Å². The van der Waals surface area contributed by atoms with Gasteiger partial charge in [0.2, 0.25) is 0 Å². The Morgan fingerprint density at radius 2 is 1.43 bits per heavy atom. The van der Waals surface area contributed by atoms with Gasteiger partial charge in [-0.1, -0.05) is 65.0 Å². The fourth-order valence-corrected chi connectivity index (χ4v) is 6.45. The topological polar surface area (TPSA) is 55.4 Å².